The summed E-state index contributed by atoms with van der Waals surface area (Å²) in [7, 11) is 3.17. The molecule has 23 heavy (non-hydrogen) atoms. The third kappa shape index (κ3) is 4.81. The van der Waals surface area contributed by atoms with Crippen LogP contribution in [0.15, 0.2) is 47.4 Å². The molecule has 0 spiro atoms. The van der Waals surface area contributed by atoms with E-state index < -0.39 is 0 Å². The number of amides is 1. The van der Waals surface area contributed by atoms with Crippen molar-refractivity contribution in [3.05, 3.63) is 47.5 Å². The molecule has 0 aliphatic rings. The zero-order chi connectivity index (χ0) is 16.8. The molecule has 6 heteroatoms. The maximum Gasteiger partial charge on any atom is 0.237 e. The van der Waals surface area contributed by atoms with Crippen molar-refractivity contribution in [2.24, 2.45) is 0 Å². The SMILES string of the molecule is COc1ccc(SC(C)C(=O)Nc2ccc(OC)c(Cl)c2)cc1. The van der Waals surface area contributed by atoms with Gasteiger partial charge in [0.1, 0.15) is 11.5 Å². The van der Waals surface area contributed by atoms with Gasteiger partial charge < -0.3 is 14.8 Å². The first kappa shape index (κ1) is 17.5. The average Bonchev–Trinajstić information content (AvgIpc) is 2.55. The lowest BCUT2D eigenvalue weighted by molar-refractivity contribution is -0.115. The molecule has 0 fully saturated rings. The van der Waals surface area contributed by atoms with Crippen LogP contribution in [0.5, 0.6) is 11.5 Å². The van der Waals surface area contributed by atoms with E-state index >= 15 is 0 Å². The lowest BCUT2D eigenvalue weighted by Gasteiger charge is -2.13. The van der Waals surface area contributed by atoms with Gasteiger partial charge in [0.05, 0.1) is 24.5 Å². The van der Waals surface area contributed by atoms with Crippen LogP contribution in [0.4, 0.5) is 5.69 Å². The lowest BCUT2D eigenvalue weighted by atomic mass is 10.3. The van der Waals surface area contributed by atoms with Crippen LogP contribution in [0.1, 0.15) is 6.92 Å². The number of anilines is 1. The molecular weight excluding hydrogens is 334 g/mol. The number of thioether (sulfide) groups is 1. The summed E-state index contributed by atoms with van der Waals surface area (Å²) >= 11 is 7.53. The Kier molecular flexibility index (Phi) is 6.19. The Morgan fingerprint density at radius 1 is 1.13 bits per heavy atom. The summed E-state index contributed by atoms with van der Waals surface area (Å²) in [6.07, 6.45) is 0. The highest BCUT2D eigenvalue weighted by molar-refractivity contribution is 8.00. The molecule has 0 aromatic heterocycles. The third-order valence-electron chi connectivity index (χ3n) is 3.16. The predicted octanol–water partition coefficient (Wildman–Crippen LogP) is 4.48. The number of benzene rings is 2. The van der Waals surface area contributed by atoms with E-state index in [1.807, 2.05) is 31.2 Å². The molecule has 4 nitrogen and oxygen atoms in total. The number of carbonyl (C=O) groups is 1. The molecule has 1 unspecified atom stereocenters. The minimum atomic E-state index is -0.246. The van der Waals surface area contributed by atoms with E-state index in [-0.39, 0.29) is 11.2 Å². The average molecular weight is 352 g/mol. The highest BCUT2D eigenvalue weighted by atomic mass is 35.5. The monoisotopic (exact) mass is 351 g/mol. The lowest BCUT2D eigenvalue weighted by Crippen LogP contribution is -2.22. The molecule has 0 radical (unpaired) electrons. The summed E-state index contributed by atoms with van der Waals surface area (Å²) < 4.78 is 10.2. The van der Waals surface area contributed by atoms with E-state index in [1.165, 1.54) is 11.8 Å². The van der Waals surface area contributed by atoms with E-state index in [4.69, 9.17) is 21.1 Å². The van der Waals surface area contributed by atoms with Gasteiger partial charge in [0.15, 0.2) is 0 Å². The van der Waals surface area contributed by atoms with E-state index in [1.54, 1.807) is 32.4 Å². The number of methoxy groups -OCH3 is 2. The van der Waals surface area contributed by atoms with E-state index in [0.717, 1.165) is 10.6 Å². The molecule has 1 atom stereocenters. The van der Waals surface area contributed by atoms with Crippen molar-refractivity contribution < 1.29 is 14.3 Å². The molecule has 0 saturated heterocycles. The second-order valence-corrected chi connectivity index (χ2v) is 6.60. The summed E-state index contributed by atoms with van der Waals surface area (Å²) in [6, 6.07) is 12.7. The fourth-order valence-corrected chi connectivity index (χ4v) is 3.03. The Morgan fingerprint density at radius 3 is 2.39 bits per heavy atom. The van der Waals surface area contributed by atoms with E-state index in [9.17, 15) is 4.79 Å². The molecule has 2 rings (SSSR count). The number of ether oxygens (including phenoxy) is 2. The van der Waals surface area contributed by atoms with Gasteiger partial charge in [0.2, 0.25) is 5.91 Å². The molecule has 0 bridgehead atoms. The standard InChI is InChI=1S/C17H18ClNO3S/c1-11(23-14-7-5-13(21-2)6-8-14)17(20)19-12-4-9-16(22-3)15(18)10-12/h4-11H,1-3H3,(H,19,20). The fourth-order valence-electron chi connectivity index (χ4n) is 1.90. The molecule has 1 N–H and O–H groups in total. The fraction of sp³-hybridized carbons (Fsp3) is 0.235. The molecule has 0 heterocycles. The van der Waals surface area contributed by atoms with Gasteiger partial charge in [-0.1, -0.05) is 11.6 Å². The summed E-state index contributed by atoms with van der Waals surface area (Å²) in [5.41, 5.74) is 0.642. The first-order chi connectivity index (χ1) is 11.0. The van der Waals surface area contributed by atoms with Crippen LogP contribution in [-0.4, -0.2) is 25.4 Å². The summed E-state index contributed by atoms with van der Waals surface area (Å²) in [5, 5.41) is 3.07. The number of hydrogen-bond donors (Lipinski definition) is 1. The smallest absolute Gasteiger partial charge is 0.237 e. The highest BCUT2D eigenvalue weighted by Gasteiger charge is 2.15. The second kappa shape index (κ2) is 8.13. The van der Waals surface area contributed by atoms with Gasteiger partial charge in [0.25, 0.3) is 0 Å². The predicted molar refractivity (Wildman–Crippen MR) is 94.9 cm³/mol. The Balaban J connectivity index is 1.97. The number of hydrogen-bond acceptors (Lipinski definition) is 4. The molecule has 2 aromatic rings. The van der Waals surface area contributed by atoms with E-state index in [0.29, 0.717) is 16.5 Å². The van der Waals surface area contributed by atoms with Gasteiger partial charge in [-0.05, 0) is 49.4 Å². The van der Waals surface area contributed by atoms with Crippen molar-refractivity contribution in [2.75, 3.05) is 19.5 Å². The number of rotatable bonds is 6. The molecular formula is C17H18ClNO3S. The van der Waals surface area contributed by atoms with Crippen LogP contribution < -0.4 is 14.8 Å². The van der Waals surface area contributed by atoms with Crippen molar-refractivity contribution in [2.45, 2.75) is 17.1 Å². The topological polar surface area (TPSA) is 47.6 Å². The Labute approximate surface area is 145 Å². The van der Waals surface area contributed by atoms with Crippen LogP contribution in [0.25, 0.3) is 0 Å². The van der Waals surface area contributed by atoms with Gasteiger partial charge in [-0.15, -0.1) is 11.8 Å². The van der Waals surface area contributed by atoms with Crippen LogP contribution in [0.3, 0.4) is 0 Å². The van der Waals surface area contributed by atoms with Crippen LogP contribution in [0, 0.1) is 0 Å². The quantitative estimate of drug-likeness (QED) is 0.780. The summed E-state index contributed by atoms with van der Waals surface area (Å²) in [6.45, 7) is 1.86. The van der Waals surface area contributed by atoms with Crippen molar-refractivity contribution in [1.29, 1.82) is 0 Å². The first-order valence-electron chi connectivity index (χ1n) is 6.98. The number of carbonyl (C=O) groups excluding carboxylic acids is 1. The highest BCUT2D eigenvalue weighted by Crippen LogP contribution is 2.29. The summed E-state index contributed by atoms with van der Waals surface area (Å²) in [5.74, 6) is 1.27. The van der Waals surface area contributed by atoms with Crippen LogP contribution in [-0.2, 0) is 4.79 Å². The first-order valence-corrected chi connectivity index (χ1v) is 8.24. The number of halogens is 1. The maximum absolute atomic E-state index is 12.3. The zero-order valence-electron chi connectivity index (χ0n) is 13.1. The van der Waals surface area contributed by atoms with Gasteiger partial charge in [-0.3, -0.25) is 4.79 Å². The molecule has 0 saturated carbocycles. The normalized spacial score (nSPS) is 11.7. The zero-order valence-corrected chi connectivity index (χ0v) is 14.7. The Hall–Kier alpha value is -1.85. The third-order valence-corrected chi connectivity index (χ3v) is 4.57. The largest absolute Gasteiger partial charge is 0.497 e. The maximum atomic E-state index is 12.3. The van der Waals surface area contributed by atoms with E-state index in [2.05, 4.69) is 5.32 Å². The van der Waals surface area contributed by atoms with Gasteiger partial charge >= 0.3 is 0 Å². The number of nitrogens with one attached hydrogen (secondary N) is 1. The molecule has 2 aromatic carbocycles. The van der Waals surface area contributed by atoms with Gasteiger partial charge in [-0.25, -0.2) is 0 Å². The van der Waals surface area contributed by atoms with Crippen molar-refractivity contribution in [3.8, 4) is 11.5 Å². The minimum Gasteiger partial charge on any atom is -0.497 e. The Bertz CT molecular complexity index is 676. The second-order valence-electron chi connectivity index (χ2n) is 4.77. The van der Waals surface area contributed by atoms with Crippen LogP contribution in [0.2, 0.25) is 5.02 Å². The van der Waals surface area contributed by atoms with Crippen LogP contribution >= 0.6 is 23.4 Å². The van der Waals surface area contributed by atoms with Crippen molar-refractivity contribution >= 4 is 35.0 Å². The van der Waals surface area contributed by atoms with Crippen molar-refractivity contribution in [3.63, 3.8) is 0 Å². The molecule has 122 valence electrons. The van der Waals surface area contributed by atoms with Gasteiger partial charge in [0, 0.05) is 10.6 Å². The van der Waals surface area contributed by atoms with Crippen molar-refractivity contribution in [1.82, 2.24) is 0 Å². The summed E-state index contributed by atoms with van der Waals surface area (Å²) in [4.78, 5) is 13.3. The molecule has 0 aliphatic heterocycles. The Morgan fingerprint density at radius 2 is 1.83 bits per heavy atom. The van der Waals surface area contributed by atoms with Gasteiger partial charge in [-0.2, -0.15) is 0 Å². The molecule has 1 amide bonds. The molecule has 0 aliphatic carbocycles. The minimum absolute atomic E-state index is 0.0907.